The molecule has 2 rings (SSSR count). The van der Waals surface area contributed by atoms with Crippen LogP contribution in [0.2, 0.25) is 10.0 Å². The largest absolute Gasteiger partial charge is 0.486 e. The number of hydrogen-bond acceptors (Lipinski definition) is 2. The number of hydrogen-bond donors (Lipinski definition) is 1. The Kier molecular flexibility index (Phi) is 6.12. The van der Waals surface area contributed by atoms with Crippen molar-refractivity contribution in [1.29, 1.82) is 0 Å². The summed E-state index contributed by atoms with van der Waals surface area (Å²) in [6.07, 6.45) is 0.485. The second-order valence-corrected chi connectivity index (χ2v) is 6.40. The summed E-state index contributed by atoms with van der Waals surface area (Å²) in [5.74, 6) is -0.300. The fourth-order valence-corrected chi connectivity index (χ4v) is 3.04. The van der Waals surface area contributed by atoms with Gasteiger partial charge in [-0.25, -0.2) is 0 Å². The summed E-state index contributed by atoms with van der Waals surface area (Å²) in [5, 5.41) is 9.84. The molecule has 0 fully saturated rings. The Morgan fingerprint density at radius 3 is 2.41 bits per heavy atom. The lowest BCUT2D eigenvalue weighted by atomic mass is 10.1. The van der Waals surface area contributed by atoms with Gasteiger partial charge in [0, 0.05) is 11.4 Å². The van der Waals surface area contributed by atoms with E-state index in [-0.39, 0.29) is 6.42 Å². The number of aliphatic carboxylic acids is 1. The first-order chi connectivity index (χ1) is 10.5. The van der Waals surface area contributed by atoms with Crippen molar-refractivity contribution in [2.24, 2.45) is 0 Å². The SMILES string of the molecule is O=C(O)CCc1cc(Cl)c(OCc2ccc(Cl)cc2)c(Br)c1. The summed E-state index contributed by atoms with van der Waals surface area (Å²) in [6, 6.07) is 10.9. The lowest BCUT2D eigenvalue weighted by Crippen LogP contribution is -2.00. The number of ether oxygens (including phenoxy) is 1. The van der Waals surface area contributed by atoms with E-state index in [2.05, 4.69) is 15.9 Å². The van der Waals surface area contributed by atoms with Crippen molar-refractivity contribution in [2.75, 3.05) is 0 Å². The maximum absolute atomic E-state index is 10.6. The van der Waals surface area contributed by atoms with Crippen LogP contribution in [0.3, 0.4) is 0 Å². The quantitative estimate of drug-likeness (QED) is 0.706. The van der Waals surface area contributed by atoms with Gasteiger partial charge < -0.3 is 9.84 Å². The number of halogens is 3. The smallest absolute Gasteiger partial charge is 0.303 e. The molecule has 0 aromatic heterocycles. The molecule has 0 bridgehead atoms. The summed E-state index contributed by atoms with van der Waals surface area (Å²) in [5.41, 5.74) is 1.82. The van der Waals surface area contributed by atoms with E-state index in [1.165, 1.54) is 0 Å². The van der Waals surface area contributed by atoms with E-state index >= 15 is 0 Å². The molecule has 2 aromatic carbocycles. The first-order valence-electron chi connectivity index (χ1n) is 6.52. The topological polar surface area (TPSA) is 46.5 Å². The Morgan fingerprint density at radius 2 is 1.82 bits per heavy atom. The minimum Gasteiger partial charge on any atom is -0.486 e. The highest BCUT2D eigenvalue weighted by atomic mass is 79.9. The number of carboxylic acid groups (broad SMARTS) is 1. The van der Waals surface area contributed by atoms with Crippen LogP contribution in [0, 0.1) is 0 Å². The Balaban J connectivity index is 2.07. The Labute approximate surface area is 146 Å². The number of carbonyl (C=O) groups is 1. The molecule has 0 aliphatic heterocycles. The molecule has 0 spiro atoms. The van der Waals surface area contributed by atoms with E-state index in [4.69, 9.17) is 33.0 Å². The van der Waals surface area contributed by atoms with Crippen LogP contribution < -0.4 is 4.74 Å². The average Bonchev–Trinajstić information content (AvgIpc) is 2.46. The minimum atomic E-state index is -0.838. The molecule has 0 aliphatic rings. The van der Waals surface area contributed by atoms with Crippen molar-refractivity contribution < 1.29 is 14.6 Å². The van der Waals surface area contributed by atoms with Crippen molar-refractivity contribution in [3.05, 3.63) is 62.0 Å². The molecule has 6 heteroatoms. The first-order valence-corrected chi connectivity index (χ1v) is 8.07. The molecule has 0 saturated carbocycles. The highest BCUT2D eigenvalue weighted by Gasteiger charge is 2.11. The molecule has 22 heavy (non-hydrogen) atoms. The van der Waals surface area contributed by atoms with Crippen molar-refractivity contribution >= 4 is 45.1 Å². The van der Waals surface area contributed by atoms with E-state index in [1.807, 2.05) is 18.2 Å². The van der Waals surface area contributed by atoms with Crippen LogP contribution in [0.15, 0.2) is 40.9 Å². The van der Waals surface area contributed by atoms with Crippen LogP contribution in [0.1, 0.15) is 17.5 Å². The van der Waals surface area contributed by atoms with E-state index in [1.54, 1.807) is 18.2 Å². The molecule has 116 valence electrons. The van der Waals surface area contributed by atoms with Gasteiger partial charge in [0.05, 0.1) is 9.50 Å². The average molecular weight is 404 g/mol. The molecule has 0 unspecified atom stereocenters. The fraction of sp³-hybridized carbons (Fsp3) is 0.188. The van der Waals surface area contributed by atoms with Crippen molar-refractivity contribution in [2.45, 2.75) is 19.4 Å². The molecule has 2 aromatic rings. The third kappa shape index (κ3) is 4.90. The summed E-state index contributed by atoms with van der Waals surface area (Å²) in [4.78, 5) is 10.6. The molecule has 3 nitrogen and oxygen atoms in total. The van der Waals surface area contributed by atoms with E-state index in [0.717, 1.165) is 11.1 Å². The number of aryl methyl sites for hydroxylation is 1. The third-order valence-corrected chi connectivity index (χ3v) is 4.10. The summed E-state index contributed by atoms with van der Waals surface area (Å²) >= 11 is 15.5. The van der Waals surface area contributed by atoms with Gasteiger partial charge in [-0.2, -0.15) is 0 Å². The lowest BCUT2D eigenvalue weighted by Gasteiger charge is -2.12. The van der Waals surface area contributed by atoms with Gasteiger partial charge in [0.25, 0.3) is 0 Å². The monoisotopic (exact) mass is 402 g/mol. The van der Waals surface area contributed by atoms with Gasteiger partial charge in [0.1, 0.15) is 6.61 Å². The molecule has 0 amide bonds. The molecule has 1 N–H and O–H groups in total. The van der Waals surface area contributed by atoms with Gasteiger partial charge in [-0.15, -0.1) is 0 Å². The zero-order chi connectivity index (χ0) is 16.1. The highest BCUT2D eigenvalue weighted by molar-refractivity contribution is 9.10. The summed E-state index contributed by atoms with van der Waals surface area (Å²) in [6.45, 7) is 0.365. The fourth-order valence-electron chi connectivity index (χ4n) is 1.88. The second-order valence-electron chi connectivity index (χ2n) is 4.70. The first kappa shape index (κ1) is 17.1. The van der Waals surface area contributed by atoms with Gasteiger partial charge in [0.15, 0.2) is 5.75 Å². The van der Waals surface area contributed by atoms with Crippen molar-refractivity contribution in [1.82, 2.24) is 0 Å². The zero-order valence-corrected chi connectivity index (χ0v) is 14.6. The van der Waals surface area contributed by atoms with Crippen LogP contribution in [0.25, 0.3) is 0 Å². The van der Waals surface area contributed by atoms with Gasteiger partial charge in [-0.3, -0.25) is 4.79 Å². The predicted octanol–water partition coefficient (Wildman–Crippen LogP) is 5.35. The van der Waals surface area contributed by atoms with Crippen LogP contribution in [-0.4, -0.2) is 11.1 Å². The number of rotatable bonds is 6. The highest BCUT2D eigenvalue weighted by Crippen LogP contribution is 2.35. The molecular weight excluding hydrogens is 391 g/mol. The minimum absolute atomic E-state index is 0.0632. The maximum Gasteiger partial charge on any atom is 0.303 e. The molecular formula is C16H13BrCl2O3. The molecule has 0 aliphatic carbocycles. The Bertz CT molecular complexity index is 649. The maximum atomic E-state index is 10.6. The van der Waals surface area contributed by atoms with E-state index in [9.17, 15) is 4.79 Å². The number of benzene rings is 2. The van der Waals surface area contributed by atoms with E-state index < -0.39 is 5.97 Å². The third-order valence-electron chi connectivity index (χ3n) is 2.98. The van der Waals surface area contributed by atoms with Gasteiger partial charge in [-0.05, 0) is 57.7 Å². The Morgan fingerprint density at radius 1 is 1.14 bits per heavy atom. The van der Waals surface area contributed by atoms with Gasteiger partial charge in [0.2, 0.25) is 0 Å². The molecule has 0 saturated heterocycles. The van der Waals surface area contributed by atoms with Gasteiger partial charge in [-0.1, -0.05) is 35.3 Å². The molecule has 0 atom stereocenters. The summed E-state index contributed by atoms with van der Waals surface area (Å²) < 4.78 is 6.44. The molecule has 0 radical (unpaired) electrons. The zero-order valence-electron chi connectivity index (χ0n) is 11.5. The Hall–Kier alpha value is -1.23. The molecule has 0 heterocycles. The standard InChI is InChI=1S/C16H13BrCl2O3/c17-13-7-11(3-6-15(20)21)8-14(19)16(13)22-9-10-1-4-12(18)5-2-10/h1-2,4-5,7-8H,3,6,9H2,(H,20,21). The number of carboxylic acids is 1. The van der Waals surface area contributed by atoms with Crippen LogP contribution in [-0.2, 0) is 17.8 Å². The van der Waals surface area contributed by atoms with E-state index in [0.29, 0.717) is 33.3 Å². The summed E-state index contributed by atoms with van der Waals surface area (Å²) in [7, 11) is 0. The van der Waals surface area contributed by atoms with Crippen LogP contribution >= 0.6 is 39.1 Å². The van der Waals surface area contributed by atoms with Crippen LogP contribution in [0.5, 0.6) is 5.75 Å². The normalized spacial score (nSPS) is 10.5. The van der Waals surface area contributed by atoms with Crippen molar-refractivity contribution in [3.8, 4) is 5.75 Å². The lowest BCUT2D eigenvalue weighted by molar-refractivity contribution is -0.136. The second kappa shape index (κ2) is 7.86. The van der Waals surface area contributed by atoms with Gasteiger partial charge >= 0.3 is 5.97 Å². The van der Waals surface area contributed by atoms with Crippen LogP contribution in [0.4, 0.5) is 0 Å². The predicted molar refractivity (Wildman–Crippen MR) is 90.9 cm³/mol. The van der Waals surface area contributed by atoms with Crippen molar-refractivity contribution in [3.63, 3.8) is 0 Å².